The summed E-state index contributed by atoms with van der Waals surface area (Å²) in [7, 11) is 0.750. The predicted octanol–water partition coefficient (Wildman–Crippen LogP) is -4.40. The summed E-state index contributed by atoms with van der Waals surface area (Å²) in [6, 6.07) is 0. The Bertz CT molecular complexity index is 8.00. The second-order valence-corrected chi connectivity index (χ2v) is 0. The molecule has 3 heteroatoms. The Kier molecular flexibility index (Phi) is 113. The number of hydrogen-bond donors (Lipinski definition) is 0. The van der Waals surface area contributed by atoms with E-state index < -0.39 is 0 Å². The molecular formula is CH3IMgO. The first-order valence-electron chi connectivity index (χ1n) is 0.408. The summed E-state index contributed by atoms with van der Waals surface area (Å²) < 4.78 is 0. The fraction of sp³-hybridized carbons (Fsp3) is 1.00. The summed E-state index contributed by atoms with van der Waals surface area (Å²) in [5, 5.41) is 8.25. The summed E-state index contributed by atoms with van der Waals surface area (Å²) in [5.41, 5.74) is 0. The average Bonchev–Trinajstić information content (AvgIpc) is 1.00. The Labute approximate surface area is 58.9 Å². The van der Waals surface area contributed by atoms with Crippen molar-refractivity contribution in [2.24, 2.45) is 0 Å². The van der Waals surface area contributed by atoms with Crippen molar-refractivity contribution in [1.29, 1.82) is 0 Å². The monoisotopic (exact) mass is 182 g/mol. The van der Waals surface area contributed by atoms with Gasteiger partial charge < -0.3 is 29.1 Å². The third kappa shape index (κ3) is 9.83. The van der Waals surface area contributed by atoms with Crippen molar-refractivity contribution in [3.8, 4) is 0 Å². The van der Waals surface area contributed by atoms with E-state index in [-0.39, 0.29) is 47.0 Å². The summed E-state index contributed by atoms with van der Waals surface area (Å²) in [5.74, 6) is 0. The van der Waals surface area contributed by atoms with E-state index in [9.17, 15) is 0 Å². The van der Waals surface area contributed by atoms with Gasteiger partial charge >= 0.3 is 23.1 Å². The topological polar surface area (TPSA) is 23.1 Å². The van der Waals surface area contributed by atoms with Gasteiger partial charge in [0.15, 0.2) is 0 Å². The minimum atomic E-state index is 0. The van der Waals surface area contributed by atoms with Gasteiger partial charge in [0.05, 0.1) is 0 Å². The molecule has 0 unspecified atom stereocenters. The number of halogens is 1. The van der Waals surface area contributed by atoms with Crippen LogP contribution in [0.1, 0.15) is 0 Å². The molecule has 0 saturated carbocycles. The molecule has 0 radical (unpaired) electrons. The Morgan fingerprint density at radius 3 is 1.25 bits per heavy atom. The van der Waals surface area contributed by atoms with Crippen LogP contribution in [0.5, 0.6) is 0 Å². The molecule has 0 aromatic carbocycles. The minimum Gasteiger partial charge on any atom is -1.00 e. The van der Waals surface area contributed by atoms with Gasteiger partial charge in [0.25, 0.3) is 0 Å². The molecule has 0 N–H and O–H groups in total. The smallest absolute Gasteiger partial charge is 1.00 e. The molecule has 0 aromatic heterocycles. The molecule has 0 saturated heterocycles. The van der Waals surface area contributed by atoms with E-state index in [0.29, 0.717) is 0 Å². The first-order chi connectivity index (χ1) is 1.00. The summed E-state index contributed by atoms with van der Waals surface area (Å²) in [4.78, 5) is 0. The normalized spacial score (nSPS) is 1.50. The Morgan fingerprint density at radius 1 is 1.25 bits per heavy atom. The van der Waals surface area contributed by atoms with Crippen LogP contribution in [0, 0.1) is 0 Å². The predicted molar refractivity (Wildman–Crippen MR) is 11.7 cm³/mol. The minimum absolute atomic E-state index is 0. The molecule has 0 bridgehead atoms. The van der Waals surface area contributed by atoms with Crippen molar-refractivity contribution in [3.05, 3.63) is 0 Å². The second-order valence-electron chi connectivity index (χ2n) is 0. The fourth-order valence-corrected chi connectivity index (χ4v) is 0. The molecule has 22 valence electrons. The van der Waals surface area contributed by atoms with Crippen LogP contribution in [0.25, 0.3) is 0 Å². The molecule has 0 aromatic rings. The summed E-state index contributed by atoms with van der Waals surface area (Å²) in [6.07, 6.45) is 0. The van der Waals surface area contributed by atoms with Crippen LogP contribution in [-0.2, 0) is 0 Å². The van der Waals surface area contributed by atoms with E-state index in [1.54, 1.807) is 0 Å². The van der Waals surface area contributed by atoms with Crippen molar-refractivity contribution >= 4 is 23.1 Å². The van der Waals surface area contributed by atoms with E-state index in [2.05, 4.69) is 0 Å². The van der Waals surface area contributed by atoms with Gasteiger partial charge in [-0.25, -0.2) is 0 Å². The van der Waals surface area contributed by atoms with Crippen LogP contribution < -0.4 is 29.1 Å². The molecule has 4 heavy (non-hydrogen) atoms. The molecule has 0 atom stereocenters. The van der Waals surface area contributed by atoms with Gasteiger partial charge in [0.1, 0.15) is 0 Å². The molecule has 0 rings (SSSR count). The van der Waals surface area contributed by atoms with Gasteiger partial charge in [-0.2, -0.15) is 7.11 Å². The zero-order chi connectivity index (χ0) is 2.00. The first-order valence-corrected chi connectivity index (χ1v) is 0.408. The molecule has 0 aliphatic rings. The van der Waals surface area contributed by atoms with Crippen LogP contribution in [0.3, 0.4) is 0 Å². The van der Waals surface area contributed by atoms with Crippen molar-refractivity contribution in [1.82, 2.24) is 0 Å². The van der Waals surface area contributed by atoms with Crippen LogP contribution in [0.2, 0.25) is 0 Å². The molecule has 0 heterocycles. The third-order valence-electron chi connectivity index (χ3n) is 0. The molecule has 0 amide bonds. The summed E-state index contributed by atoms with van der Waals surface area (Å²) >= 11 is 0. The van der Waals surface area contributed by atoms with Gasteiger partial charge in [-0.1, -0.05) is 0 Å². The molecule has 0 aliphatic carbocycles. The molecule has 0 aliphatic heterocycles. The summed E-state index contributed by atoms with van der Waals surface area (Å²) in [6.45, 7) is 0. The maximum atomic E-state index is 8.25. The van der Waals surface area contributed by atoms with Crippen LogP contribution in [-0.4, -0.2) is 30.2 Å². The Hall–Kier alpha value is 1.46. The van der Waals surface area contributed by atoms with Gasteiger partial charge in [0, 0.05) is 0 Å². The van der Waals surface area contributed by atoms with Crippen LogP contribution in [0.15, 0.2) is 0 Å². The largest absolute Gasteiger partial charge is 2.00 e. The van der Waals surface area contributed by atoms with Crippen LogP contribution in [0.4, 0.5) is 0 Å². The van der Waals surface area contributed by atoms with Crippen molar-refractivity contribution < 1.29 is 29.1 Å². The van der Waals surface area contributed by atoms with E-state index in [1.807, 2.05) is 0 Å². The SMILES string of the molecule is C[O-].[I-].[Mg+2]. The number of hydrogen-bond acceptors (Lipinski definition) is 1. The molecule has 1 nitrogen and oxygen atoms in total. The maximum absolute atomic E-state index is 8.25. The van der Waals surface area contributed by atoms with Gasteiger partial charge in [-0.3, -0.25) is 0 Å². The van der Waals surface area contributed by atoms with Crippen molar-refractivity contribution in [3.63, 3.8) is 0 Å². The zero-order valence-electron chi connectivity index (χ0n) is 2.49. The quantitative estimate of drug-likeness (QED) is 0.274. The average molecular weight is 182 g/mol. The molecule has 0 spiro atoms. The van der Waals surface area contributed by atoms with E-state index in [1.165, 1.54) is 0 Å². The first kappa shape index (κ1) is 18.0. The van der Waals surface area contributed by atoms with E-state index in [4.69, 9.17) is 5.11 Å². The standard InChI is InChI=1S/CH3O.HI.Mg/c1-2;;/h1H3;1H;/q-1;;+2/p-1. The van der Waals surface area contributed by atoms with Gasteiger partial charge in [-0.05, 0) is 0 Å². The van der Waals surface area contributed by atoms with Crippen LogP contribution >= 0.6 is 0 Å². The number of rotatable bonds is 0. The van der Waals surface area contributed by atoms with E-state index >= 15 is 0 Å². The Morgan fingerprint density at radius 2 is 1.25 bits per heavy atom. The van der Waals surface area contributed by atoms with Gasteiger partial charge in [0.2, 0.25) is 0 Å². The van der Waals surface area contributed by atoms with Gasteiger partial charge in [-0.15, -0.1) is 0 Å². The second kappa shape index (κ2) is 25.1. The van der Waals surface area contributed by atoms with Crippen molar-refractivity contribution in [2.75, 3.05) is 7.11 Å². The molecule has 0 fully saturated rings. The van der Waals surface area contributed by atoms with Crippen molar-refractivity contribution in [2.45, 2.75) is 0 Å². The maximum Gasteiger partial charge on any atom is 2.00 e. The fourth-order valence-electron chi connectivity index (χ4n) is 0. The zero-order valence-corrected chi connectivity index (χ0v) is 6.07. The van der Waals surface area contributed by atoms with E-state index in [0.717, 1.165) is 7.11 Å². The Balaban J connectivity index is -0.00000000500. The third-order valence-corrected chi connectivity index (χ3v) is 0. The molecular weight excluding hydrogens is 179 g/mol.